The number of fused-ring (bicyclic) bond motifs is 2. The second-order valence-corrected chi connectivity index (χ2v) is 10.2. The third kappa shape index (κ3) is 3.77. The Morgan fingerprint density at radius 3 is 2.58 bits per heavy atom. The van der Waals surface area contributed by atoms with E-state index in [-0.39, 0.29) is 11.7 Å². The number of amides is 1. The minimum atomic E-state index is -0.262. The van der Waals surface area contributed by atoms with Gasteiger partial charge in [0.25, 0.3) is 0 Å². The van der Waals surface area contributed by atoms with E-state index in [1.54, 1.807) is 12.1 Å². The van der Waals surface area contributed by atoms with Crippen LogP contribution in [-0.4, -0.2) is 38.4 Å². The molecule has 0 radical (unpaired) electrons. The van der Waals surface area contributed by atoms with Crippen LogP contribution in [0, 0.1) is 17.7 Å². The number of aromatic nitrogens is 3. The fourth-order valence-corrected chi connectivity index (χ4v) is 5.57. The maximum atomic E-state index is 14.2. The van der Waals surface area contributed by atoms with Gasteiger partial charge in [-0.2, -0.15) is 0 Å². The van der Waals surface area contributed by atoms with E-state index in [9.17, 15) is 9.18 Å². The minimum absolute atomic E-state index is 0.249. The molecule has 3 aromatic carbocycles. The van der Waals surface area contributed by atoms with Crippen LogP contribution < -0.4 is 0 Å². The number of H-pyrrole nitrogens is 1. The molecule has 1 amide bonds. The first-order valence-corrected chi connectivity index (χ1v) is 12.7. The Labute approximate surface area is 208 Å². The predicted molar refractivity (Wildman–Crippen MR) is 140 cm³/mol. The van der Waals surface area contributed by atoms with Gasteiger partial charge in [0.15, 0.2) is 0 Å². The van der Waals surface area contributed by atoms with Crippen LogP contribution in [0.1, 0.15) is 19.3 Å². The molecule has 5 aromatic rings. The highest BCUT2D eigenvalue weighted by Crippen LogP contribution is 2.34. The van der Waals surface area contributed by atoms with Gasteiger partial charge in [-0.25, -0.2) is 9.37 Å². The van der Waals surface area contributed by atoms with Crippen LogP contribution >= 0.6 is 0 Å². The van der Waals surface area contributed by atoms with E-state index in [1.165, 1.54) is 11.5 Å². The quantitative estimate of drug-likeness (QED) is 0.325. The first-order valence-electron chi connectivity index (χ1n) is 12.7. The van der Waals surface area contributed by atoms with E-state index >= 15 is 0 Å². The topological polar surface area (TPSA) is 53.9 Å². The Kier molecular flexibility index (Phi) is 4.94. The first-order chi connectivity index (χ1) is 17.6. The van der Waals surface area contributed by atoms with Crippen molar-refractivity contribution in [3.05, 3.63) is 78.7 Å². The third-order valence-electron chi connectivity index (χ3n) is 7.71. The number of rotatable bonds is 5. The number of aromatic amines is 1. The molecule has 0 bridgehead atoms. The number of nitrogens with one attached hydrogen (secondary N) is 1. The lowest BCUT2D eigenvalue weighted by Gasteiger charge is -2.18. The normalized spacial score (nSPS) is 17.9. The van der Waals surface area contributed by atoms with Crippen LogP contribution in [0.15, 0.2) is 72.9 Å². The summed E-state index contributed by atoms with van der Waals surface area (Å²) in [5, 5.41) is 1.20. The van der Waals surface area contributed by atoms with Crippen molar-refractivity contribution in [3.8, 4) is 22.5 Å². The third-order valence-corrected chi connectivity index (χ3v) is 7.71. The number of benzene rings is 3. The molecule has 2 aromatic heterocycles. The number of halogens is 1. The molecule has 1 aliphatic heterocycles. The van der Waals surface area contributed by atoms with E-state index in [0.29, 0.717) is 11.8 Å². The minimum Gasteiger partial charge on any atom is -0.361 e. The van der Waals surface area contributed by atoms with Crippen LogP contribution in [0.25, 0.3) is 44.5 Å². The standard InChI is InChI=1S/C30H27FN4O/c31-25-9-10-26-28(16-25)35(18-19-12-14-34(17-19)30(36)23-6-7-23)29(33-26)22-4-1-20(2-5-22)24-8-3-21-11-13-32-27(21)15-24/h1-5,8-11,13,15-16,19,23,32H,6-7,12,14,17-18H2. The Morgan fingerprint density at radius 2 is 1.75 bits per heavy atom. The van der Waals surface area contributed by atoms with Gasteiger partial charge in [-0.3, -0.25) is 4.79 Å². The van der Waals surface area contributed by atoms with Gasteiger partial charge in [-0.15, -0.1) is 0 Å². The maximum Gasteiger partial charge on any atom is 0.225 e. The number of imidazole rings is 1. The molecule has 5 nitrogen and oxygen atoms in total. The molecule has 2 aliphatic rings. The molecule has 36 heavy (non-hydrogen) atoms. The average Bonchev–Trinajstić information content (AvgIpc) is 3.30. The summed E-state index contributed by atoms with van der Waals surface area (Å²) >= 11 is 0. The highest BCUT2D eigenvalue weighted by molar-refractivity contribution is 5.86. The largest absolute Gasteiger partial charge is 0.361 e. The van der Waals surface area contributed by atoms with Crippen LogP contribution in [0.3, 0.4) is 0 Å². The highest BCUT2D eigenvalue weighted by atomic mass is 19.1. The summed E-state index contributed by atoms with van der Waals surface area (Å²) in [4.78, 5) is 22.8. The van der Waals surface area contributed by atoms with Crippen LogP contribution in [0.2, 0.25) is 0 Å². The molecule has 1 saturated heterocycles. The van der Waals surface area contributed by atoms with Gasteiger partial charge >= 0.3 is 0 Å². The van der Waals surface area contributed by atoms with Gasteiger partial charge in [0, 0.05) is 42.8 Å². The van der Waals surface area contributed by atoms with Crippen molar-refractivity contribution in [2.75, 3.05) is 13.1 Å². The highest BCUT2D eigenvalue weighted by Gasteiger charge is 2.36. The summed E-state index contributed by atoms with van der Waals surface area (Å²) in [6.07, 6.45) is 4.98. The number of likely N-dealkylation sites (tertiary alicyclic amines) is 1. The molecule has 180 valence electrons. The molecule has 1 atom stereocenters. The molecule has 2 fully saturated rings. The van der Waals surface area contributed by atoms with Crippen molar-refractivity contribution in [2.45, 2.75) is 25.8 Å². The van der Waals surface area contributed by atoms with Crippen molar-refractivity contribution in [2.24, 2.45) is 11.8 Å². The van der Waals surface area contributed by atoms with Crippen LogP contribution in [0.4, 0.5) is 4.39 Å². The monoisotopic (exact) mass is 478 g/mol. The fraction of sp³-hybridized carbons (Fsp3) is 0.267. The smallest absolute Gasteiger partial charge is 0.225 e. The molecular formula is C30H27FN4O. The summed E-state index contributed by atoms with van der Waals surface area (Å²) in [6.45, 7) is 2.30. The average molecular weight is 479 g/mol. The summed E-state index contributed by atoms with van der Waals surface area (Å²) in [5.74, 6) is 1.47. The van der Waals surface area contributed by atoms with Gasteiger partial charge < -0.3 is 14.5 Å². The van der Waals surface area contributed by atoms with E-state index < -0.39 is 0 Å². The zero-order chi connectivity index (χ0) is 24.2. The van der Waals surface area contributed by atoms with Gasteiger partial charge in [0.2, 0.25) is 5.91 Å². The van der Waals surface area contributed by atoms with E-state index in [0.717, 1.165) is 78.0 Å². The van der Waals surface area contributed by atoms with E-state index in [1.807, 2.05) is 11.1 Å². The van der Waals surface area contributed by atoms with Gasteiger partial charge in [-0.05, 0) is 72.0 Å². The van der Waals surface area contributed by atoms with Crippen molar-refractivity contribution >= 4 is 27.8 Å². The van der Waals surface area contributed by atoms with Crippen molar-refractivity contribution < 1.29 is 9.18 Å². The van der Waals surface area contributed by atoms with Crippen molar-refractivity contribution in [3.63, 3.8) is 0 Å². The first kappa shape index (κ1) is 21.4. The summed E-state index contributed by atoms with van der Waals surface area (Å²) in [5.41, 5.74) is 5.99. The molecular weight excluding hydrogens is 451 g/mol. The molecule has 7 rings (SSSR count). The number of hydrogen-bond donors (Lipinski definition) is 1. The SMILES string of the molecule is O=C(C1CC1)N1CCC(Cn2c(-c3ccc(-c4ccc5cc[nH]c5c4)cc3)nc3ccc(F)cc32)C1. The van der Waals surface area contributed by atoms with Crippen molar-refractivity contribution in [1.29, 1.82) is 0 Å². The van der Waals surface area contributed by atoms with Crippen LogP contribution in [0.5, 0.6) is 0 Å². The summed E-state index contributed by atoms with van der Waals surface area (Å²) in [6, 6.07) is 21.7. The molecule has 1 saturated carbocycles. The van der Waals surface area contributed by atoms with Crippen LogP contribution in [-0.2, 0) is 11.3 Å². The summed E-state index contributed by atoms with van der Waals surface area (Å²) < 4.78 is 16.4. The summed E-state index contributed by atoms with van der Waals surface area (Å²) in [7, 11) is 0. The molecule has 6 heteroatoms. The lowest BCUT2D eigenvalue weighted by Crippen LogP contribution is -2.30. The lowest BCUT2D eigenvalue weighted by atomic mass is 10.0. The van der Waals surface area contributed by atoms with E-state index in [4.69, 9.17) is 4.98 Å². The Balaban J connectivity index is 1.21. The predicted octanol–water partition coefficient (Wildman–Crippen LogP) is 6.25. The zero-order valence-electron chi connectivity index (χ0n) is 20.0. The van der Waals surface area contributed by atoms with Gasteiger partial charge in [0.05, 0.1) is 11.0 Å². The number of carbonyl (C=O) groups excluding carboxylic acids is 1. The molecule has 1 aliphatic carbocycles. The van der Waals surface area contributed by atoms with Crippen molar-refractivity contribution in [1.82, 2.24) is 19.4 Å². The molecule has 1 unspecified atom stereocenters. The number of nitrogens with zero attached hydrogens (tertiary/aromatic N) is 3. The zero-order valence-corrected chi connectivity index (χ0v) is 20.0. The second-order valence-electron chi connectivity index (χ2n) is 10.2. The molecule has 1 N–H and O–H groups in total. The molecule has 3 heterocycles. The number of hydrogen-bond acceptors (Lipinski definition) is 2. The fourth-order valence-electron chi connectivity index (χ4n) is 5.57. The lowest BCUT2D eigenvalue weighted by molar-refractivity contribution is -0.131. The van der Waals surface area contributed by atoms with Gasteiger partial charge in [-0.1, -0.05) is 36.4 Å². The number of carbonyl (C=O) groups is 1. The Morgan fingerprint density at radius 1 is 0.944 bits per heavy atom. The molecule has 0 spiro atoms. The Bertz CT molecular complexity index is 1590. The maximum absolute atomic E-state index is 14.2. The second kappa shape index (κ2) is 8.33. The Hall–Kier alpha value is -3.93. The van der Waals surface area contributed by atoms with E-state index in [2.05, 4.69) is 58.1 Å². The van der Waals surface area contributed by atoms with Gasteiger partial charge in [0.1, 0.15) is 11.6 Å².